The average molecular weight is 485 g/mol. The Kier molecular flexibility index (Phi) is 8.77. The third kappa shape index (κ3) is 6.65. The van der Waals surface area contributed by atoms with Crippen molar-refractivity contribution < 1.29 is 23.6 Å². The molecular formula is C23H26N5O5S-. The molecule has 34 heavy (non-hydrogen) atoms. The summed E-state index contributed by atoms with van der Waals surface area (Å²) in [6, 6.07) is 13.8. The maximum absolute atomic E-state index is 12.2. The highest BCUT2D eigenvalue weighted by atomic mass is 32.2. The summed E-state index contributed by atoms with van der Waals surface area (Å²) in [6.45, 7) is 3.57. The molecule has 0 aliphatic heterocycles. The van der Waals surface area contributed by atoms with Crippen molar-refractivity contribution in [2.75, 3.05) is 31.0 Å². The fraction of sp³-hybridized carbons (Fsp3) is 0.261. The van der Waals surface area contributed by atoms with Gasteiger partial charge >= 0.3 is 6.09 Å². The first kappa shape index (κ1) is 24.9. The lowest BCUT2D eigenvalue weighted by Gasteiger charge is -2.17. The van der Waals surface area contributed by atoms with Crippen LogP contribution in [0.4, 0.5) is 22.2 Å². The molecule has 0 spiro atoms. The van der Waals surface area contributed by atoms with E-state index in [2.05, 4.69) is 29.7 Å². The fourth-order valence-electron chi connectivity index (χ4n) is 2.89. The van der Waals surface area contributed by atoms with Gasteiger partial charge in [0.2, 0.25) is 5.95 Å². The summed E-state index contributed by atoms with van der Waals surface area (Å²) in [5.41, 5.74) is 2.25. The molecule has 0 aliphatic rings. The van der Waals surface area contributed by atoms with Crippen molar-refractivity contribution in [2.24, 2.45) is 4.36 Å². The maximum Gasteiger partial charge on any atom is 0.410 e. The third-order valence-corrected chi connectivity index (χ3v) is 5.55. The zero-order valence-electron chi connectivity index (χ0n) is 19.0. The Morgan fingerprint density at radius 3 is 2.68 bits per heavy atom. The number of hydrogen-bond acceptors (Lipinski definition) is 10. The molecule has 0 bridgehead atoms. The summed E-state index contributed by atoms with van der Waals surface area (Å²) in [7, 11) is -0.262. The van der Waals surface area contributed by atoms with Crippen LogP contribution in [0, 0.1) is 0 Å². The molecule has 3 N–H and O–H groups in total. The van der Waals surface area contributed by atoms with Crippen LogP contribution in [0.1, 0.15) is 13.8 Å². The molecule has 0 aliphatic carbocycles. The van der Waals surface area contributed by atoms with Gasteiger partial charge in [-0.2, -0.15) is 4.98 Å². The van der Waals surface area contributed by atoms with Gasteiger partial charge in [-0.25, -0.2) is 9.78 Å². The van der Waals surface area contributed by atoms with E-state index in [0.717, 1.165) is 11.1 Å². The second kappa shape index (κ2) is 12.0. The molecule has 2 aromatic carbocycles. The zero-order chi connectivity index (χ0) is 24.5. The monoisotopic (exact) mass is 484 g/mol. The molecule has 3 aromatic rings. The molecule has 10 nitrogen and oxygen atoms in total. The second-order valence-electron chi connectivity index (χ2n) is 7.10. The number of aliphatic hydroxyl groups excluding tert-OH is 1. The van der Waals surface area contributed by atoms with Crippen LogP contribution in [0.3, 0.4) is 0 Å². The van der Waals surface area contributed by atoms with Crippen LogP contribution in [-0.4, -0.2) is 47.5 Å². The summed E-state index contributed by atoms with van der Waals surface area (Å²) in [4.78, 5) is 20.7. The quantitative estimate of drug-likeness (QED) is 0.379. The van der Waals surface area contributed by atoms with Gasteiger partial charge in [0.05, 0.1) is 20.3 Å². The van der Waals surface area contributed by atoms with Gasteiger partial charge in [0.25, 0.3) is 0 Å². The molecule has 1 amide bonds. The van der Waals surface area contributed by atoms with E-state index in [9.17, 15) is 14.1 Å². The molecule has 0 fully saturated rings. The van der Waals surface area contributed by atoms with Crippen molar-refractivity contribution in [1.29, 1.82) is 0 Å². The smallest absolute Gasteiger partial charge is 0.410 e. The first-order valence-electron chi connectivity index (χ1n) is 10.5. The van der Waals surface area contributed by atoms with E-state index >= 15 is 0 Å². The molecule has 1 aromatic heterocycles. The Morgan fingerprint density at radius 1 is 1.24 bits per heavy atom. The van der Waals surface area contributed by atoms with E-state index < -0.39 is 16.7 Å². The first-order chi connectivity index (χ1) is 16.4. The van der Waals surface area contributed by atoms with Gasteiger partial charge in [-0.3, -0.25) is 4.36 Å². The molecule has 1 atom stereocenters. The molecule has 0 radical (unpaired) electrons. The Balaban J connectivity index is 1.85. The van der Waals surface area contributed by atoms with Crippen molar-refractivity contribution in [3.8, 4) is 16.9 Å². The van der Waals surface area contributed by atoms with Gasteiger partial charge in [0.1, 0.15) is 11.6 Å². The van der Waals surface area contributed by atoms with Gasteiger partial charge in [0, 0.05) is 23.5 Å². The number of nitrogens with one attached hydrogen (secondary N) is 2. The summed E-state index contributed by atoms with van der Waals surface area (Å²) in [5, 5.41) is 15.8. The number of rotatable bonds is 9. The molecule has 0 unspecified atom stereocenters. The van der Waals surface area contributed by atoms with Crippen LogP contribution in [0.5, 0.6) is 5.75 Å². The van der Waals surface area contributed by atoms with Crippen LogP contribution in [0.25, 0.3) is 11.1 Å². The van der Waals surface area contributed by atoms with Crippen LogP contribution in [0.2, 0.25) is 0 Å². The number of ether oxygens (including phenoxy) is 2. The predicted molar refractivity (Wildman–Crippen MR) is 130 cm³/mol. The number of anilines is 3. The largest absolute Gasteiger partial charge is 0.497 e. The predicted octanol–water partition coefficient (Wildman–Crippen LogP) is 4.35. The van der Waals surface area contributed by atoms with Crippen LogP contribution < -0.4 is 15.4 Å². The number of aromatic nitrogens is 2. The Labute approximate surface area is 199 Å². The lowest BCUT2D eigenvalue weighted by Crippen LogP contribution is -2.21. The highest BCUT2D eigenvalue weighted by Crippen LogP contribution is 2.30. The maximum atomic E-state index is 12.2. The van der Waals surface area contributed by atoms with E-state index in [1.807, 2.05) is 31.2 Å². The highest BCUT2D eigenvalue weighted by molar-refractivity contribution is 7.75. The SMILES string of the molecule is CCOC(=O)N=[S-](=O)c1ccc(Nc2ncc(-c3cccc(OC)c3)c(N[C@H](C)CO)n2)cc1. The first-order valence-corrected chi connectivity index (χ1v) is 11.6. The van der Waals surface area contributed by atoms with Gasteiger partial charge in [-0.1, -0.05) is 29.2 Å². The number of carbonyl (C=O) groups excluding carboxylic acids is 1. The topological polar surface area (TPSA) is 135 Å². The van der Waals surface area contributed by atoms with Gasteiger partial charge in [-0.05, 0) is 43.7 Å². The molecule has 0 saturated carbocycles. The minimum atomic E-state index is -1.86. The minimum Gasteiger partial charge on any atom is -0.497 e. The number of benzene rings is 2. The molecular weight excluding hydrogens is 458 g/mol. The number of carbonyl (C=O) groups is 1. The van der Waals surface area contributed by atoms with Crippen LogP contribution in [0.15, 0.2) is 64.0 Å². The van der Waals surface area contributed by atoms with E-state index in [-0.39, 0.29) is 19.3 Å². The van der Waals surface area contributed by atoms with Crippen LogP contribution in [-0.2, 0) is 19.5 Å². The van der Waals surface area contributed by atoms with Gasteiger partial charge < -0.3 is 29.4 Å². The minimum absolute atomic E-state index is 0.0697. The van der Waals surface area contributed by atoms with Crippen molar-refractivity contribution in [3.05, 3.63) is 54.7 Å². The molecule has 3 rings (SSSR count). The lowest BCUT2D eigenvalue weighted by molar-refractivity contribution is 0.164. The van der Waals surface area contributed by atoms with E-state index in [1.165, 1.54) is 0 Å². The van der Waals surface area contributed by atoms with E-state index in [4.69, 9.17) is 4.74 Å². The highest BCUT2D eigenvalue weighted by Gasteiger charge is 2.13. The van der Waals surface area contributed by atoms with Crippen molar-refractivity contribution in [2.45, 2.75) is 24.8 Å². The standard InChI is InChI=1S/C23H26N5O5S/c1-4-33-23(30)28-34(31)19-10-8-17(9-11-19)26-22-24-13-20(21(27-22)25-15(2)14-29)16-6-5-7-18(12-16)32-3/h5-13,15,29H,4,14H2,1-3H3,(H2,24,25,26,27)/q-1/t15-/m1/s1. The average Bonchev–Trinajstić information content (AvgIpc) is 2.84. The Morgan fingerprint density at radius 2 is 2.00 bits per heavy atom. The van der Waals surface area contributed by atoms with E-state index in [0.29, 0.717) is 28.1 Å². The molecule has 0 saturated heterocycles. The number of aliphatic hydroxyl groups is 1. The van der Waals surface area contributed by atoms with Gasteiger partial charge in [0.15, 0.2) is 0 Å². The van der Waals surface area contributed by atoms with E-state index in [1.54, 1.807) is 44.5 Å². The van der Waals surface area contributed by atoms with Crippen molar-refractivity contribution in [1.82, 2.24) is 9.97 Å². The Hall–Kier alpha value is -3.70. The van der Waals surface area contributed by atoms with Crippen molar-refractivity contribution in [3.63, 3.8) is 0 Å². The second-order valence-corrected chi connectivity index (χ2v) is 8.26. The zero-order valence-corrected chi connectivity index (χ0v) is 19.8. The molecule has 1 heterocycles. The van der Waals surface area contributed by atoms with Crippen molar-refractivity contribution >= 4 is 34.1 Å². The number of hydrogen-bond donors (Lipinski definition) is 3. The summed E-state index contributed by atoms with van der Waals surface area (Å²) < 4.78 is 25.6. The Bertz CT molecular complexity index is 1210. The molecule has 180 valence electrons. The number of methoxy groups -OCH3 is 1. The summed E-state index contributed by atoms with van der Waals surface area (Å²) in [6.07, 6.45) is 0.808. The number of nitrogens with zero attached hydrogens (tertiary/aromatic N) is 3. The van der Waals surface area contributed by atoms with Crippen LogP contribution >= 0.6 is 0 Å². The number of amides is 1. The summed E-state index contributed by atoms with van der Waals surface area (Å²) in [5.74, 6) is 1.57. The lowest BCUT2D eigenvalue weighted by atomic mass is 10.1. The van der Waals surface area contributed by atoms with Gasteiger partial charge in [-0.15, -0.1) is 10.6 Å². The molecule has 11 heteroatoms. The normalized spacial score (nSPS) is 12.6. The fourth-order valence-corrected chi connectivity index (χ4v) is 3.55. The summed E-state index contributed by atoms with van der Waals surface area (Å²) >= 11 is 0. The third-order valence-electron chi connectivity index (χ3n) is 4.56.